The lowest BCUT2D eigenvalue weighted by molar-refractivity contribution is 1.20. The highest BCUT2D eigenvalue weighted by Gasteiger charge is 2.10. The van der Waals surface area contributed by atoms with Gasteiger partial charge in [-0.05, 0) is 46.5 Å². The fourth-order valence-electron chi connectivity index (χ4n) is 3.43. The monoisotopic (exact) mass is 361 g/mol. The molecule has 0 atom stereocenters. The first kappa shape index (κ1) is 17.8. The summed E-state index contributed by atoms with van der Waals surface area (Å²) in [5, 5.41) is 0. The average molecular weight is 361 g/mol. The van der Waals surface area contributed by atoms with E-state index in [-0.39, 0.29) is 0 Å². The van der Waals surface area contributed by atoms with Crippen molar-refractivity contribution in [1.82, 2.24) is 0 Å². The first-order chi connectivity index (χ1) is 13.8. The van der Waals surface area contributed by atoms with Crippen molar-refractivity contribution >= 4 is 23.0 Å². The Morgan fingerprint density at radius 3 is 1.61 bits per heavy atom. The van der Waals surface area contributed by atoms with Crippen molar-refractivity contribution in [2.24, 2.45) is 0 Å². The minimum atomic E-state index is 1.17. The molecule has 0 aromatic heterocycles. The zero-order chi connectivity index (χ0) is 19.2. The van der Waals surface area contributed by atoms with Gasteiger partial charge in [-0.1, -0.05) is 97.1 Å². The maximum atomic E-state index is 2.29. The summed E-state index contributed by atoms with van der Waals surface area (Å²) in [6.45, 7) is 0. The molecule has 0 saturated carbocycles. The van der Waals surface area contributed by atoms with Crippen LogP contribution >= 0.6 is 0 Å². The highest BCUT2D eigenvalue weighted by molar-refractivity contribution is 5.94. The van der Waals surface area contributed by atoms with Crippen molar-refractivity contribution in [1.29, 1.82) is 0 Å². The topological polar surface area (TPSA) is 3.24 Å². The maximum Gasteiger partial charge on any atom is 0.0481 e. The largest absolute Gasteiger partial charge is 0.344 e. The molecule has 0 amide bonds. The third kappa shape index (κ3) is 3.89. The summed E-state index contributed by atoms with van der Waals surface area (Å²) < 4.78 is 0. The third-order valence-corrected chi connectivity index (χ3v) is 4.91. The van der Waals surface area contributed by atoms with Crippen LogP contribution in [-0.2, 0) is 0 Å². The molecule has 4 aromatic carbocycles. The summed E-state index contributed by atoms with van der Waals surface area (Å²) in [5.41, 5.74) is 7.19. The molecule has 28 heavy (non-hydrogen) atoms. The van der Waals surface area contributed by atoms with Crippen LogP contribution in [0, 0.1) is 0 Å². The molecule has 0 spiro atoms. The molecule has 0 bridgehead atoms. The predicted molar refractivity (Wildman–Crippen MR) is 121 cm³/mol. The number of para-hydroxylation sites is 2. The van der Waals surface area contributed by atoms with Crippen LogP contribution in [0.15, 0.2) is 115 Å². The van der Waals surface area contributed by atoms with Crippen LogP contribution in [0.4, 0.5) is 11.4 Å². The van der Waals surface area contributed by atoms with Gasteiger partial charge in [-0.25, -0.2) is 0 Å². The molecule has 1 nitrogen and oxygen atoms in total. The molecule has 0 radical (unpaired) electrons. The van der Waals surface area contributed by atoms with E-state index in [1.54, 1.807) is 0 Å². The second kappa shape index (κ2) is 8.41. The van der Waals surface area contributed by atoms with Crippen molar-refractivity contribution in [3.63, 3.8) is 0 Å². The van der Waals surface area contributed by atoms with E-state index in [9.17, 15) is 0 Å². The zero-order valence-corrected chi connectivity index (χ0v) is 16.0. The molecule has 0 saturated heterocycles. The van der Waals surface area contributed by atoms with Crippen molar-refractivity contribution in [3.8, 4) is 0 Å². The van der Waals surface area contributed by atoms with Gasteiger partial charge in [0.05, 0.1) is 0 Å². The predicted octanol–water partition coefficient (Wildman–Crippen LogP) is 7.04. The van der Waals surface area contributed by atoms with Gasteiger partial charge in [0.1, 0.15) is 0 Å². The van der Waals surface area contributed by atoms with Crippen LogP contribution < -0.4 is 4.90 Å². The Balaban J connectivity index is 1.84. The Hall–Kier alpha value is -3.58. The molecular weight excluding hydrogens is 338 g/mol. The highest BCUT2D eigenvalue weighted by atomic mass is 15.1. The standard InChI is InChI=1S/C27H23N/c1-28(25-18-9-4-10-19-25)27-20-12-11-17-24(27)21-26(22-13-5-2-6-14-22)23-15-7-3-8-16-23/h2-21H,1H3. The Bertz CT molecular complexity index is 1010. The van der Waals surface area contributed by atoms with Crippen LogP contribution in [0.2, 0.25) is 0 Å². The van der Waals surface area contributed by atoms with E-state index in [0.29, 0.717) is 0 Å². The van der Waals surface area contributed by atoms with E-state index in [1.165, 1.54) is 33.6 Å². The van der Waals surface area contributed by atoms with E-state index in [0.717, 1.165) is 0 Å². The molecule has 0 aliphatic rings. The Morgan fingerprint density at radius 1 is 0.571 bits per heavy atom. The first-order valence-corrected chi connectivity index (χ1v) is 9.53. The number of rotatable bonds is 5. The molecule has 4 aromatic rings. The highest BCUT2D eigenvalue weighted by Crippen LogP contribution is 2.32. The molecular formula is C27H23N. The van der Waals surface area contributed by atoms with Crippen LogP contribution in [0.3, 0.4) is 0 Å². The number of benzene rings is 4. The van der Waals surface area contributed by atoms with Crippen LogP contribution in [0.25, 0.3) is 11.6 Å². The lowest BCUT2D eigenvalue weighted by Gasteiger charge is -2.22. The summed E-state index contributed by atoms with van der Waals surface area (Å²) in [6.07, 6.45) is 2.29. The van der Waals surface area contributed by atoms with Gasteiger partial charge < -0.3 is 4.90 Å². The van der Waals surface area contributed by atoms with Gasteiger partial charge in [0.25, 0.3) is 0 Å². The molecule has 136 valence electrons. The quantitative estimate of drug-likeness (QED) is 0.344. The number of anilines is 2. The van der Waals surface area contributed by atoms with Gasteiger partial charge in [-0.2, -0.15) is 0 Å². The summed E-state index contributed by atoms with van der Waals surface area (Å²) in [5.74, 6) is 0. The van der Waals surface area contributed by atoms with Gasteiger partial charge in [0.15, 0.2) is 0 Å². The van der Waals surface area contributed by atoms with Crippen LogP contribution in [0.1, 0.15) is 16.7 Å². The second-order valence-electron chi connectivity index (χ2n) is 6.74. The number of hydrogen-bond donors (Lipinski definition) is 0. The molecule has 0 fully saturated rings. The molecule has 4 rings (SSSR count). The molecule has 0 N–H and O–H groups in total. The molecule has 0 aliphatic carbocycles. The second-order valence-corrected chi connectivity index (χ2v) is 6.74. The Labute approximate surface area is 167 Å². The van der Waals surface area contributed by atoms with E-state index in [2.05, 4.69) is 127 Å². The first-order valence-electron chi connectivity index (χ1n) is 9.53. The van der Waals surface area contributed by atoms with E-state index >= 15 is 0 Å². The lowest BCUT2D eigenvalue weighted by Crippen LogP contribution is -2.10. The van der Waals surface area contributed by atoms with Crippen molar-refractivity contribution in [3.05, 3.63) is 132 Å². The number of nitrogens with zero attached hydrogens (tertiary/aromatic N) is 1. The van der Waals surface area contributed by atoms with Gasteiger partial charge >= 0.3 is 0 Å². The van der Waals surface area contributed by atoms with Crippen molar-refractivity contribution in [2.75, 3.05) is 11.9 Å². The van der Waals surface area contributed by atoms with Crippen molar-refractivity contribution < 1.29 is 0 Å². The molecule has 0 unspecified atom stereocenters. The Morgan fingerprint density at radius 2 is 1.04 bits per heavy atom. The van der Waals surface area contributed by atoms with Gasteiger partial charge in [0, 0.05) is 18.4 Å². The molecule has 0 aliphatic heterocycles. The average Bonchev–Trinajstić information content (AvgIpc) is 2.79. The zero-order valence-electron chi connectivity index (χ0n) is 16.0. The lowest BCUT2D eigenvalue weighted by atomic mass is 9.95. The minimum absolute atomic E-state index is 1.17. The van der Waals surface area contributed by atoms with E-state index < -0.39 is 0 Å². The summed E-state index contributed by atoms with van der Waals surface area (Å²) in [4.78, 5) is 2.24. The summed E-state index contributed by atoms with van der Waals surface area (Å²) in [7, 11) is 2.12. The van der Waals surface area contributed by atoms with Crippen LogP contribution in [0.5, 0.6) is 0 Å². The van der Waals surface area contributed by atoms with Gasteiger partial charge in [-0.3, -0.25) is 0 Å². The molecule has 1 heteroatoms. The Kier molecular flexibility index (Phi) is 5.35. The van der Waals surface area contributed by atoms with Crippen LogP contribution in [-0.4, -0.2) is 7.05 Å². The fourth-order valence-corrected chi connectivity index (χ4v) is 3.43. The summed E-state index contributed by atoms with van der Waals surface area (Å²) in [6, 6.07) is 40.2. The normalized spacial score (nSPS) is 10.3. The fraction of sp³-hybridized carbons (Fsp3) is 0.0370. The van der Waals surface area contributed by atoms with Gasteiger partial charge in [-0.15, -0.1) is 0 Å². The maximum absolute atomic E-state index is 2.29. The van der Waals surface area contributed by atoms with E-state index in [4.69, 9.17) is 0 Å². The van der Waals surface area contributed by atoms with Crippen molar-refractivity contribution in [2.45, 2.75) is 0 Å². The third-order valence-electron chi connectivity index (χ3n) is 4.91. The molecule has 0 heterocycles. The smallest absolute Gasteiger partial charge is 0.0481 e. The van der Waals surface area contributed by atoms with E-state index in [1.807, 2.05) is 6.07 Å². The number of hydrogen-bond acceptors (Lipinski definition) is 1. The summed E-state index contributed by atoms with van der Waals surface area (Å²) >= 11 is 0. The minimum Gasteiger partial charge on any atom is -0.344 e. The van der Waals surface area contributed by atoms with Gasteiger partial charge in [0.2, 0.25) is 0 Å². The SMILES string of the molecule is CN(c1ccccc1)c1ccccc1C=C(c1ccccc1)c1ccccc1.